The van der Waals surface area contributed by atoms with Crippen LogP contribution in [-0.2, 0) is 4.74 Å². The molecule has 0 bridgehead atoms. The van der Waals surface area contributed by atoms with Crippen molar-refractivity contribution in [3.8, 4) is 0 Å². The Hall–Kier alpha value is -0.860. The van der Waals surface area contributed by atoms with Crippen LogP contribution in [-0.4, -0.2) is 11.7 Å². The third-order valence-corrected chi connectivity index (χ3v) is 5.36. The number of aliphatic hydroxyl groups is 1. The minimum Gasteiger partial charge on any atom is -0.364 e. The second-order valence-electron chi connectivity index (χ2n) is 7.94. The quantitative estimate of drug-likeness (QED) is 0.196. The molecule has 1 aromatic rings. The van der Waals surface area contributed by atoms with Crippen LogP contribution in [0.2, 0.25) is 0 Å². The van der Waals surface area contributed by atoms with Crippen LogP contribution in [0.25, 0.3) is 0 Å². The summed E-state index contributed by atoms with van der Waals surface area (Å²) in [5, 5.41) is 9.92. The first-order valence-electron chi connectivity index (χ1n) is 11.7. The number of benzene rings is 1. The number of aliphatic hydroxyl groups excluding tert-OH is 1. The SMILES string of the molecule is CCCCCCCCCCCCCCCCCCOC(O)c1ccccc1. The molecular formula is C25H44O2. The molecule has 0 aliphatic carbocycles. The monoisotopic (exact) mass is 376 g/mol. The molecule has 2 nitrogen and oxygen atoms in total. The summed E-state index contributed by atoms with van der Waals surface area (Å²) in [5.41, 5.74) is 0.842. The number of ether oxygens (including phenoxy) is 1. The lowest BCUT2D eigenvalue weighted by molar-refractivity contribution is -0.103. The summed E-state index contributed by atoms with van der Waals surface area (Å²) >= 11 is 0. The molecule has 1 atom stereocenters. The average molecular weight is 377 g/mol. The molecule has 1 aromatic carbocycles. The Kier molecular flexibility index (Phi) is 16.6. The maximum atomic E-state index is 9.92. The molecule has 0 radical (unpaired) electrons. The molecule has 1 N–H and O–H groups in total. The second-order valence-corrected chi connectivity index (χ2v) is 7.94. The van der Waals surface area contributed by atoms with E-state index < -0.39 is 6.29 Å². The topological polar surface area (TPSA) is 29.5 Å². The van der Waals surface area contributed by atoms with Gasteiger partial charge in [0, 0.05) is 5.56 Å². The summed E-state index contributed by atoms with van der Waals surface area (Å²) in [4.78, 5) is 0. The van der Waals surface area contributed by atoms with Gasteiger partial charge < -0.3 is 9.84 Å². The fourth-order valence-corrected chi connectivity index (χ4v) is 3.56. The molecule has 1 rings (SSSR count). The molecule has 0 heterocycles. The predicted octanol–water partition coefficient (Wildman–Crippen LogP) is 7.96. The number of hydrogen-bond acceptors (Lipinski definition) is 2. The lowest BCUT2D eigenvalue weighted by Crippen LogP contribution is -2.04. The summed E-state index contributed by atoms with van der Waals surface area (Å²) in [7, 11) is 0. The van der Waals surface area contributed by atoms with Crippen LogP contribution in [0.5, 0.6) is 0 Å². The van der Waals surface area contributed by atoms with Crippen LogP contribution >= 0.6 is 0 Å². The van der Waals surface area contributed by atoms with Gasteiger partial charge in [-0.3, -0.25) is 0 Å². The van der Waals surface area contributed by atoms with E-state index in [-0.39, 0.29) is 0 Å². The van der Waals surface area contributed by atoms with Crippen molar-refractivity contribution in [2.24, 2.45) is 0 Å². The summed E-state index contributed by atoms with van der Waals surface area (Å²) in [6, 6.07) is 9.61. The molecule has 0 aliphatic rings. The molecule has 27 heavy (non-hydrogen) atoms. The lowest BCUT2D eigenvalue weighted by Gasteiger charge is -2.12. The maximum Gasteiger partial charge on any atom is 0.181 e. The van der Waals surface area contributed by atoms with Crippen molar-refractivity contribution in [2.45, 2.75) is 116 Å². The molecule has 0 fully saturated rings. The first kappa shape index (κ1) is 24.2. The van der Waals surface area contributed by atoms with E-state index in [0.29, 0.717) is 6.61 Å². The van der Waals surface area contributed by atoms with Crippen molar-refractivity contribution in [1.29, 1.82) is 0 Å². The van der Waals surface area contributed by atoms with Crippen LogP contribution in [0, 0.1) is 0 Å². The van der Waals surface area contributed by atoms with E-state index >= 15 is 0 Å². The molecule has 1 unspecified atom stereocenters. The van der Waals surface area contributed by atoms with Crippen molar-refractivity contribution >= 4 is 0 Å². The highest BCUT2D eigenvalue weighted by atomic mass is 16.6. The van der Waals surface area contributed by atoms with Crippen molar-refractivity contribution in [1.82, 2.24) is 0 Å². The van der Waals surface area contributed by atoms with E-state index in [4.69, 9.17) is 4.74 Å². The summed E-state index contributed by atoms with van der Waals surface area (Å²) in [6.45, 7) is 2.93. The van der Waals surface area contributed by atoms with E-state index in [0.717, 1.165) is 12.0 Å². The van der Waals surface area contributed by atoms with Gasteiger partial charge in [0.05, 0.1) is 6.61 Å². The van der Waals surface area contributed by atoms with Crippen LogP contribution in [0.3, 0.4) is 0 Å². The minimum absolute atomic E-state index is 0.647. The second kappa shape index (κ2) is 18.5. The predicted molar refractivity (Wildman–Crippen MR) is 117 cm³/mol. The van der Waals surface area contributed by atoms with Gasteiger partial charge in [0.1, 0.15) is 0 Å². The van der Waals surface area contributed by atoms with E-state index in [2.05, 4.69) is 6.92 Å². The van der Waals surface area contributed by atoms with Gasteiger partial charge >= 0.3 is 0 Å². The summed E-state index contributed by atoms with van der Waals surface area (Å²) in [5.74, 6) is 0. The minimum atomic E-state index is -0.775. The van der Waals surface area contributed by atoms with Crippen molar-refractivity contribution in [2.75, 3.05) is 6.61 Å². The molecule has 0 amide bonds. The molecular weight excluding hydrogens is 332 g/mol. The zero-order valence-electron chi connectivity index (χ0n) is 17.8. The van der Waals surface area contributed by atoms with E-state index in [1.54, 1.807) is 0 Å². The lowest BCUT2D eigenvalue weighted by atomic mass is 10.0. The van der Waals surface area contributed by atoms with Crippen molar-refractivity contribution in [3.63, 3.8) is 0 Å². The Morgan fingerprint density at radius 3 is 1.48 bits per heavy atom. The molecule has 0 spiro atoms. The third-order valence-electron chi connectivity index (χ3n) is 5.36. The van der Waals surface area contributed by atoms with E-state index in [9.17, 15) is 5.11 Å². The smallest absolute Gasteiger partial charge is 0.181 e. The summed E-state index contributed by atoms with van der Waals surface area (Å²) in [6.07, 6.45) is 21.2. The third kappa shape index (κ3) is 14.8. The Bertz CT molecular complexity index is 404. The van der Waals surface area contributed by atoms with E-state index in [1.165, 1.54) is 96.3 Å². The number of hydrogen-bond donors (Lipinski definition) is 1. The largest absolute Gasteiger partial charge is 0.364 e. The first-order chi connectivity index (χ1) is 13.3. The number of unbranched alkanes of at least 4 members (excludes halogenated alkanes) is 15. The Labute approximate surface area is 168 Å². The van der Waals surface area contributed by atoms with Crippen LogP contribution < -0.4 is 0 Å². The highest BCUT2D eigenvalue weighted by molar-refractivity contribution is 5.15. The Morgan fingerprint density at radius 1 is 0.630 bits per heavy atom. The highest BCUT2D eigenvalue weighted by Gasteiger charge is 2.05. The van der Waals surface area contributed by atoms with Gasteiger partial charge in [-0.2, -0.15) is 0 Å². The fourth-order valence-electron chi connectivity index (χ4n) is 3.56. The van der Waals surface area contributed by atoms with Gasteiger partial charge in [-0.25, -0.2) is 0 Å². The first-order valence-corrected chi connectivity index (χ1v) is 11.7. The molecule has 0 saturated carbocycles. The van der Waals surface area contributed by atoms with Gasteiger partial charge in [-0.1, -0.05) is 134 Å². The van der Waals surface area contributed by atoms with Crippen LogP contribution in [0.1, 0.15) is 122 Å². The fraction of sp³-hybridized carbons (Fsp3) is 0.760. The van der Waals surface area contributed by atoms with Gasteiger partial charge in [0.2, 0.25) is 0 Å². The molecule has 0 saturated heterocycles. The molecule has 0 aromatic heterocycles. The van der Waals surface area contributed by atoms with Gasteiger partial charge in [0.25, 0.3) is 0 Å². The molecule has 0 aliphatic heterocycles. The Balaban J connectivity index is 1.74. The van der Waals surface area contributed by atoms with Crippen LogP contribution in [0.15, 0.2) is 30.3 Å². The van der Waals surface area contributed by atoms with Gasteiger partial charge in [0.15, 0.2) is 6.29 Å². The standard InChI is InChI=1S/C25H44O2/c1-2-3-4-5-6-7-8-9-10-11-12-13-14-15-16-20-23-27-25(26)24-21-18-17-19-22-24/h17-19,21-22,25-26H,2-16,20,23H2,1H3. The molecule has 2 heteroatoms. The van der Waals surface area contributed by atoms with E-state index in [1.807, 2.05) is 30.3 Å². The van der Waals surface area contributed by atoms with Gasteiger partial charge in [-0.05, 0) is 6.42 Å². The van der Waals surface area contributed by atoms with Crippen molar-refractivity contribution < 1.29 is 9.84 Å². The zero-order valence-corrected chi connectivity index (χ0v) is 17.8. The molecule has 156 valence electrons. The Morgan fingerprint density at radius 2 is 1.04 bits per heavy atom. The van der Waals surface area contributed by atoms with Gasteiger partial charge in [-0.15, -0.1) is 0 Å². The number of rotatable bonds is 19. The van der Waals surface area contributed by atoms with Crippen LogP contribution in [0.4, 0.5) is 0 Å². The zero-order chi connectivity index (χ0) is 19.4. The maximum absolute atomic E-state index is 9.92. The average Bonchev–Trinajstić information content (AvgIpc) is 2.70. The van der Waals surface area contributed by atoms with Crippen molar-refractivity contribution in [3.05, 3.63) is 35.9 Å². The normalized spacial score (nSPS) is 12.4. The highest BCUT2D eigenvalue weighted by Crippen LogP contribution is 2.16. The summed E-state index contributed by atoms with van der Waals surface area (Å²) < 4.78 is 5.50.